The molecule has 1 aliphatic rings. The fourth-order valence-electron chi connectivity index (χ4n) is 2.92. The van der Waals surface area contributed by atoms with Crippen molar-refractivity contribution in [3.8, 4) is 0 Å². The predicted molar refractivity (Wildman–Crippen MR) is 93.3 cm³/mol. The Kier molecular flexibility index (Phi) is 6.37. The predicted octanol–water partition coefficient (Wildman–Crippen LogP) is 1.86. The van der Waals surface area contributed by atoms with Gasteiger partial charge in [-0.2, -0.15) is 0 Å². The molecule has 1 saturated heterocycles. The topological polar surface area (TPSA) is 43.8 Å². The summed E-state index contributed by atoms with van der Waals surface area (Å²) in [6.07, 6.45) is 4.76. The van der Waals surface area contributed by atoms with E-state index in [2.05, 4.69) is 31.2 Å². The molecule has 0 aliphatic carbocycles. The van der Waals surface area contributed by atoms with Crippen LogP contribution < -0.4 is 0 Å². The highest BCUT2D eigenvalue weighted by Gasteiger charge is 2.29. The number of rotatable bonds is 5. The Balaban J connectivity index is 1.85. The SMILES string of the molecule is Cc1ccc(C[C@H]2CCN(C(=O)/C=C/CN(C)C)C[C@@H]2O)cc1. The smallest absolute Gasteiger partial charge is 0.246 e. The van der Waals surface area contributed by atoms with Gasteiger partial charge in [0.05, 0.1) is 6.10 Å². The quantitative estimate of drug-likeness (QED) is 0.843. The van der Waals surface area contributed by atoms with Gasteiger partial charge in [-0.1, -0.05) is 35.9 Å². The number of carbonyl (C=O) groups is 1. The molecule has 1 N–H and O–H groups in total. The minimum Gasteiger partial charge on any atom is -0.391 e. The van der Waals surface area contributed by atoms with Gasteiger partial charge in [0.2, 0.25) is 5.91 Å². The lowest BCUT2D eigenvalue weighted by atomic mass is 9.87. The molecule has 1 aromatic rings. The third-order valence-corrected chi connectivity index (χ3v) is 4.38. The standard InChI is InChI=1S/C19H28N2O2/c1-15-6-8-16(9-7-15)13-17-10-12-21(14-18(17)22)19(23)5-4-11-20(2)3/h4-9,17-18,22H,10-14H2,1-3H3/b5-4+/t17-,18+/m1/s1. The molecular weight excluding hydrogens is 288 g/mol. The first-order chi connectivity index (χ1) is 11.0. The summed E-state index contributed by atoms with van der Waals surface area (Å²) in [5, 5.41) is 10.4. The third kappa shape index (κ3) is 5.48. The van der Waals surface area contributed by atoms with Crippen LogP contribution in [0, 0.1) is 12.8 Å². The van der Waals surface area contributed by atoms with Gasteiger partial charge in [0.1, 0.15) is 0 Å². The van der Waals surface area contributed by atoms with E-state index >= 15 is 0 Å². The van der Waals surface area contributed by atoms with Crippen LogP contribution in [-0.4, -0.2) is 60.6 Å². The monoisotopic (exact) mass is 316 g/mol. The van der Waals surface area contributed by atoms with Crippen molar-refractivity contribution >= 4 is 5.91 Å². The van der Waals surface area contributed by atoms with Crippen LogP contribution in [0.5, 0.6) is 0 Å². The molecule has 2 rings (SSSR count). The van der Waals surface area contributed by atoms with E-state index in [1.807, 2.05) is 25.1 Å². The van der Waals surface area contributed by atoms with Crippen molar-refractivity contribution in [1.82, 2.24) is 9.80 Å². The van der Waals surface area contributed by atoms with Crippen LogP contribution in [0.2, 0.25) is 0 Å². The van der Waals surface area contributed by atoms with Crippen molar-refractivity contribution < 1.29 is 9.90 Å². The number of hydrogen-bond donors (Lipinski definition) is 1. The van der Waals surface area contributed by atoms with Crippen LogP contribution in [0.1, 0.15) is 17.5 Å². The first-order valence-corrected chi connectivity index (χ1v) is 8.29. The van der Waals surface area contributed by atoms with E-state index in [1.165, 1.54) is 11.1 Å². The Morgan fingerprint density at radius 3 is 2.65 bits per heavy atom. The fourth-order valence-corrected chi connectivity index (χ4v) is 2.92. The lowest BCUT2D eigenvalue weighted by molar-refractivity contribution is -0.130. The van der Waals surface area contributed by atoms with E-state index < -0.39 is 6.10 Å². The molecule has 0 radical (unpaired) electrons. The summed E-state index contributed by atoms with van der Waals surface area (Å²) in [6.45, 7) is 3.98. The number of likely N-dealkylation sites (tertiary alicyclic amines) is 1. The van der Waals surface area contributed by atoms with Crippen molar-refractivity contribution in [1.29, 1.82) is 0 Å². The summed E-state index contributed by atoms with van der Waals surface area (Å²) in [5.41, 5.74) is 2.50. The first-order valence-electron chi connectivity index (χ1n) is 8.29. The van der Waals surface area contributed by atoms with Crippen LogP contribution in [0.4, 0.5) is 0 Å². The number of aliphatic hydroxyl groups is 1. The normalized spacial score (nSPS) is 22.0. The molecule has 1 heterocycles. The molecular formula is C19H28N2O2. The summed E-state index contributed by atoms with van der Waals surface area (Å²) in [5.74, 6) is 0.229. The second kappa shape index (κ2) is 8.27. The average Bonchev–Trinajstić information content (AvgIpc) is 2.51. The molecule has 0 saturated carbocycles. The molecule has 1 aliphatic heterocycles. The Morgan fingerprint density at radius 1 is 1.35 bits per heavy atom. The minimum absolute atomic E-state index is 0.000291. The van der Waals surface area contributed by atoms with Crippen molar-refractivity contribution in [2.24, 2.45) is 5.92 Å². The maximum absolute atomic E-state index is 12.1. The van der Waals surface area contributed by atoms with Crippen molar-refractivity contribution in [3.05, 3.63) is 47.5 Å². The molecule has 0 spiro atoms. The number of hydrogen-bond acceptors (Lipinski definition) is 3. The molecule has 126 valence electrons. The van der Waals surface area contributed by atoms with Crippen molar-refractivity contribution in [2.75, 3.05) is 33.7 Å². The van der Waals surface area contributed by atoms with Gasteiger partial charge >= 0.3 is 0 Å². The molecule has 4 nitrogen and oxygen atoms in total. The van der Waals surface area contributed by atoms with Crippen LogP contribution in [0.3, 0.4) is 0 Å². The zero-order valence-electron chi connectivity index (χ0n) is 14.4. The van der Waals surface area contributed by atoms with Gasteiger partial charge in [-0.05, 0) is 45.3 Å². The molecule has 23 heavy (non-hydrogen) atoms. The highest BCUT2D eigenvalue weighted by molar-refractivity contribution is 5.87. The summed E-state index contributed by atoms with van der Waals surface area (Å²) in [6, 6.07) is 8.47. The largest absolute Gasteiger partial charge is 0.391 e. The Labute approximate surface area is 139 Å². The number of nitrogens with zero attached hydrogens (tertiary/aromatic N) is 2. The maximum Gasteiger partial charge on any atom is 0.246 e. The number of piperidine rings is 1. The molecule has 1 fully saturated rings. The highest BCUT2D eigenvalue weighted by Crippen LogP contribution is 2.22. The lowest BCUT2D eigenvalue weighted by Crippen LogP contribution is -2.46. The third-order valence-electron chi connectivity index (χ3n) is 4.38. The zero-order valence-corrected chi connectivity index (χ0v) is 14.4. The Hall–Kier alpha value is -1.65. The molecule has 2 atom stereocenters. The number of likely N-dealkylation sites (N-methyl/N-ethyl adjacent to an activating group) is 1. The number of β-amino-alcohol motifs (C(OH)–C–C–N with tert-alkyl or cyclic N) is 1. The summed E-state index contributed by atoms with van der Waals surface area (Å²) < 4.78 is 0. The fraction of sp³-hybridized carbons (Fsp3) is 0.526. The van der Waals surface area contributed by atoms with E-state index in [-0.39, 0.29) is 11.8 Å². The van der Waals surface area contributed by atoms with Gasteiger partial charge in [-0.25, -0.2) is 0 Å². The minimum atomic E-state index is -0.448. The van der Waals surface area contributed by atoms with Gasteiger partial charge in [-0.3, -0.25) is 4.79 Å². The van der Waals surface area contributed by atoms with E-state index in [0.29, 0.717) is 6.54 Å². The number of aryl methyl sites for hydroxylation is 1. The lowest BCUT2D eigenvalue weighted by Gasteiger charge is -2.35. The second-order valence-corrected chi connectivity index (χ2v) is 6.75. The van der Waals surface area contributed by atoms with Crippen LogP contribution in [0.25, 0.3) is 0 Å². The Morgan fingerprint density at radius 2 is 2.04 bits per heavy atom. The van der Waals surface area contributed by atoms with Crippen LogP contribution in [0.15, 0.2) is 36.4 Å². The van der Waals surface area contributed by atoms with Crippen LogP contribution >= 0.6 is 0 Å². The van der Waals surface area contributed by atoms with Crippen molar-refractivity contribution in [3.63, 3.8) is 0 Å². The number of amides is 1. The van der Waals surface area contributed by atoms with Gasteiger partial charge in [-0.15, -0.1) is 0 Å². The van der Waals surface area contributed by atoms with E-state index in [1.54, 1.807) is 11.0 Å². The second-order valence-electron chi connectivity index (χ2n) is 6.75. The molecule has 1 aromatic carbocycles. The summed E-state index contributed by atoms with van der Waals surface area (Å²) in [4.78, 5) is 15.9. The summed E-state index contributed by atoms with van der Waals surface area (Å²) in [7, 11) is 3.93. The molecule has 0 unspecified atom stereocenters. The number of aliphatic hydroxyl groups excluding tert-OH is 1. The zero-order chi connectivity index (χ0) is 16.8. The van der Waals surface area contributed by atoms with Crippen LogP contribution in [-0.2, 0) is 11.2 Å². The van der Waals surface area contributed by atoms with Gasteiger partial charge < -0.3 is 14.9 Å². The first kappa shape index (κ1) is 17.7. The summed E-state index contributed by atoms with van der Waals surface area (Å²) >= 11 is 0. The van der Waals surface area contributed by atoms with Gasteiger partial charge in [0, 0.05) is 25.7 Å². The highest BCUT2D eigenvalue weighted by atomic mass is 16.3. The van der Waals surface area contributed by atoms with E-state index in [4.69, 9.17) is 0 Å². The molecule has 4 heteroatoms. The molecule has 0 aromatic heterocycles. The number of benzene rings is 1. The van der Waals surface area contributed by atoms with Gasteiger partial charge in [0.15, 0.2) is 0 Å². The molecule has 1 amide bonds. The number of carbonyl (C=O) groups excluding carboxylic acids is 1. The van der Waals surface area contributed by atoms with Gasteiger partial charge in [0.25, 0.3) is 0 Å². The average molecular weight is 316 g/mol. The maximum atomic E-state index is 12.1. The van der Waals surface area contributed by atoms with E-state index in [0.717, 1.165) is 25.9 Å². The molecule has 0 bridgehead atoms. The Bertz CT molecular complexity index is 537. The van der Waals surface area contributed by atoms with E-state index in [9.17, 15) is 9.90 Å². The van der Waals surface area contributed by atoms with Crippen molar-refractivity contribution in [2.45, 2.75) is 25.9 Å².